The summed E-state index contributed by atoms with van der Waals surface area (Å²) in [4.78, 5) is 15.1. The Labute approximate surface area is 369 Å². The fourth-order valence-corrected chi connectivity index (χ4v) is 9.98. The van der Waals surface area contributed by atoms with Crippen LogP contribution in [0, 0.1) is 0 Å². The summed E-state index contributed by atoms with van der Waals surface area (Å²) < 4.78 is 47.8. The van der Waals surface area contributed by atoms with Crippen molar-refractivity contribution in [2.45, 2.75) is 0 Å². The fourth-order valence-electron chi connectivity index (χ4n) is 8.65. The minimum absolute atomic E-state index is 0.00996. The van der Waals surface area contributed by atoms with Crippen molar-refractivity contribution in [3.8, 4) is 73.2 Å². The number of rotatable bonds is 7. The van der Waals surface area contributed by atoms with Gasteiger partial charge in [0.1, 0.15) is 0 Å². The van der Waals surface area contributed by atoms with E-state index in [1.54, 1.807) is 11.3 Å². The molecule has 9 aromatic carbocycles. The summed E-state index contributed by atoms with van der Waals surface area (Å²) in [6.07, 6.45) is 0. The highest BCUT2D eigenvalue weighted by Gasteiger charge is 2.22. The highest BCUT2D eigenvalue weighted by molar-refractivity contribution is 7.26. The van der Waals surface area contributed by atoms with E-state index in [9.17, 15) is 0 Å². The Bertz CT molecular complexity index is 3900. The molecule has 0 aliphatic rings. The molecule has 0 atom stereocenters. The van der Waals surface area contributed by atoms with Crippen LogP contribution in [0.2, 0.25) is 0 Å². The average molecular weight is 814 g/mol. The molecule has 0 amide bonds. The molecule has 12 rings (SSSR count). The predicted molar refractivity (Wildman–Crippen MR) is 260 cm³/mol. The molecule has 0 aliphatic carbocycles. The Morgan fingerprint density at radius 2 is 0.919 bits per heavy atom. The lowest BCUT2D eigenvalue weighted by Crippen LogP contribution is -2.01. The summed E-state index contributed by atoms with van der Waals surface area (Å²) in [6.45, 7) is 0. The fraction of sp³-hybridized carbons (Fsp3) is 0. The first kappa shape index (κ1) is 31.0. The Kier molecular flexibility index (Phi) is 7.46. The summed E-state index contributed by atoms with van der Waals surface area (Å²) in [7, 11) is 0. The standard InChI is InChI=1S/C57H36N4S/c1-5-17-37(18-6-1)41-25-15-26-43(33-41)45-28-16-29-47-49-35-44(61-51-30-14-13-27-46(51)48-34-42(31-32-52(48)61)38-19-7-2-8-20-38)36-50(54(49)62-53(45)47)57-59-55(39-21-9-3-10-22-39)58-56(60-57)40-23-11-4-12-24-40/h1-36H/i3D,9D,10D,21D,22D. The number of para-hydroxylation sites is 1. The molecule has 0 radical (unpaired) electrons. The molecule has 0 saturated carbocycles. The summed E-state index contributed by atoms with van der Waals surface area (Å²) >= 11 is 1.67. The quantitative estimate of drug-likeness (QED) is 0.161. The van der Waals surface area contributed by atoms with E-state index in [2.05, 4.69) is 150 Å². The van der Waals surface area contributed by atoms with Crippen molar-refractivity contribution >= 4 is 53.3 Å². The van der Waals surface area contributed by atoms with Crippen LogP contribution in [0.1, 0.15) is 6.85 Å². The van der Waals surface area contributed by atoms with Crippen molar-refractivity contribution in [3.05, 3.63) is 218 Å². The van der Waals surface area contributed by atoms with E-state index in [1.165, 1.54) is 0 Å². The molecule has 4 nitrogen and oxygen atoms in total. The summed E-state index contributed by atoms with van der Waals surface area (Å²) in [5.41, 5.74) is 11.0. The van der Waals surface area contributed by atoms with Crippen molar-refractivity contribution in [1.82, 2.24) is 19.5 Å². The van der Waals surface area contributed by atoms with Crippen LogP contribution >= 0.6 is 11.3 Å². The number of hydrogen-bond donors (Lipinski definition) is 0. The molecule has 0 unspecified atom stereocenters. The Morgan fingerprint density at radius 1 is 0.355 bits per heavy atom. The van der Waals surface area contributed by atoms with Gasteiger partial charge in [0, 0.05) is 53.3 Å². The summed E-state index contributed by atoms with van der Waals surface area (Å²) in [6, 6.07) is 62.7. The lowest BCUT2D eigenvalue weighted by Gasteiger charge is -2.13. The predicted octanol–water partition coefficient (Wildman–Crippen LogP) is 15.3. The van der Waals surface area contributed by atoms with E-state index in [4.69, 9.17) is 21.8 Å². The topological polar surface area (TPSA) is 43.6 Å². The van der Waals surface area contributed by atoms with Crippen LogP contribution in [0.25, 0.3) is 115 Å². The third-order valence-corrected chi connectivity index (χ3v) is 12.8. The van der Waals surface area contributed by atoms with Gasteiger partial charge in [-0.1, -0.05) is 182 Å². The van der Waals surface area contributed by atoms with Crippen LogP contribution in [-0.4, -0.2) is 19.5 Å². The number of benzene rings is 9. The minimum atomic E-state index is -0.483. The molecule has 0 spiro atoms. The van der Waals surface area contributed by atoms with Crippen molar-refractivity contribution in [2.75, 3.05) is 0 Å². The van der Waals surface area contributed by atoms with Gasteiger partial charge in [-0.3, -0.25) is 0 Å². The first-order valence-corrected chi connectivity index (χ1v) is 21.3. The maximum Gasteiger partial charge on any atom is 0.165 e. The van der Waals surface area contributed by atoms with Gasteiger partial charge < -0.3 is 4.57 Å². The molecule has 12 aromatic rings. The van der Waals surface area contributed by atoms with Crippen LogP contribution in [0.15, 0.2) is 218 Å². The van der Waals surface area contributed by atoms with Crippen molar-refractivity contribution in [2.24, 2.45) is 0 Å². The lowest BCUT2D eigenvalue weighted by molar-refractivity contribution is 1.07. The van der Waals surface area contributed by atoms with E-state index in [0.717, 1.165) is 86.6 Å². The van der Waals surface area contributed by atoms with Gasteiger partial charge >= 0.3 is 0 Å². The molecule has 290 valence electrons. The SMILES string of the molecule is [2H]c1c([2H])c([2H])c(-c2nc(-c3ccccc3)nc(-c3cc(-n4c5ccccc5c5cc(-c6ccccc6)ccc54)cc4c3sc3c(-c5cccc(-c6ccccc6)c5)cccc34)n2)c([2H])c1[2H]. The molecule has 3 aromatic heterocycles. The first-order valence-electron chi connectivity index (χ1n) is 22.9. The molecule has 5 heteroatoms. The number of thiophene rings is 1. The van der Waals surface area contributed by atoms with Crippen LogP contribution < -0.4 is 0 Å². The molecule has 0 N–H and O–H groups in total. The van der Waals surface area contributed by atoms with Crippen LogP contribution in [0.3, 0.4) is 0 Å². The number of aromatic nitrogens is 4. The maximum absolute atomic E-state index is 8.98. The van der Waals surface area contributed by atoms with Gasteiger partial charge in [0.05, 0.1) is 17.9 Å². The number of hydrogen-bond acceptors (Lipinski definition) is 4. The second kappa shape index (κ2) is 14.9. The van der Waals surface area contributed by atoms with E-state index >= 15 is 0 Å². The Hall–Kier alpha value is -7.99. The summed E-state index contributed by atoms with van der Waals surface area (Å²) in [5, 5.41) is 4.31. The maximum atomic E-state index is 8.98. The minimum Gasteiger partial charge on any atom is -0.309 e. The normalized spacial score (nSPS) is 12.7. The van der Waals surface area contributed by atoms with Gasteiger partial charge in [0.15, 0.2) is 17.5 Å². The third kappa shape index (κ3) is 6.18. The van der Waals surface area contributed by atoms with E-state index < -0.39 is 18.1 Å². The van der Waals surface area contributed by atoms with Crippen molar-refractivity contribution < 1.29 is 6.85 Å². The molecule has 0 fully saturated rings. The van der Waals surface area contributed by atoms with Crippen molar-refractivity contribution in [3.63, 3.8) is 0 Å². The largest absolute Gasteiger partial charge is 0.309 e. The smallest absolute Gasteiger partial charge is 0.165 e. The van der Waals surface area contributed by atoms with Gasteiger partial charge in [0.25, 0.3) is 0 Å². The molecular weight excluding hydrogens is 773 g/mol. The zero-order chi connectivity index (χ0) is 45.3. The van der Waals surface area contributed by atoms with Crippen LogP contribution in [0.4, 0.5) is 0 Å². The molecule has 0 aliphatic heterocycles. The molecule has 3 heterocycles. The molecule has 0 saturated heterocycles. The van der Waals surface area contributed by atoms with E-state index in [-0.39, 0.29) is 23.5 Å². The highest BCUT2D eigenvalue weighted by Crippen LogP contribution is 2.46. The Balaban J connectivity index is 1.17. The monoisotopic (exact) mass is 813 g/mol. The summed E-state index contributed by atoms with van der Waals surface area (Å²) in [5.74, 6) is 0.619. The van der Waals surface area contributed by atoms with Gasteiger partial charge in [-0.15, -0.1) is 11.3 Å². The molecule has 0 bridgehead atoms. The van der Waals surface area contributed by atoms with Gasteiger partial charge in [-0.2, -0.15) is 0 Å². The first-order chi connectivity index (χ1) is 32.8. The van der Waals surface area contributed by atoms with Gasteiger partial charge in [0.2, 0.25) is 0 Å². The molecule has 62 heavy (non-hydrogen) atoms. The lowest BCUT2D eigenvalue weighted by atomic mass is 9.97. The zero-order valence-electron chi connectivity index (χ0n) is 38.1. The van der Waals surface area contributed by atoms with Gasteiger partial charge in [-0.25, -0.2) is 15.0 Å². The second-order valence-electron chi connectivity index (χ2n) is 15.2. The van der Waals surface area contributed by atoms with Crippen LogP contribution in [-0.2, 0) is 0 Å². The van der Waals surface area contributed by atoms with Crippen LogP contribution in [0.5, 0.6) is 0 Å². The van der Waals surface area contributed by atoms with E-state index in [0.29, 0.717) is 17.2 Å². The second-order valence-corrected chi connectivity index (χ2v) is 16.2. The van der Waals surface area contributed by atoms with Gasteiger partial charge in [-0.05, 0) is 69.8 Å². The number of nitrogens with zero attached hydrogens (tertiary/aromatic N) is 4. The highest BCUT2D eigenvalue weighted by atomic mass is 32.1. The average Bonchev–Trinajstić information content (AvgIpc) is 3.93. The zero-order valence-corrected chi connectivity index (χ0v) is 33.9. The van der Waals surface area contributed by atoms with Crippen molar-refractivity contribution in [1.29, 1.82) is 0 Å². The Morgan fingerprint density at radius 3 is 1.68 bits per heavy atom. The number of fused-ring (bicyclic) bond motifs is 6. The third-order valence-electron chi connectivity index (χ3n) is 11.5. The molecular formula is C57H36N4S. The van der Waals surface area contributed by atoms with E-state index in [1.807, 2.05) is 42.5 Å².